The number of hydrogen-bond acceptors (Lipinski definition) is 2. The fourth-order valence-electron chi connectivity index (χ4n) is 2.93. The van der Waals surface area contributed by atoms with Crippen molar-refractivity contribution in [2.75, 3.05) is 6.61 Å². The van der Waals surface area contributed by atoms with Crippen LogP contribution in [0, 0.1) is 0 Å². The van der Waals surface area contributed by atoms with E-state index >= 15 is 0 Å². The van der Waals surface area contributed by atoms with Crippen molar-refractivity contribution in [2.24, 2.45) is 0 Å². The summed E-state index contributed by atoms with van der Waals surface area (Å²) >= 11 is 0. The lowest BCUT2D eigenvalue weighted by Gasteiger charge is -2.14. The van der Waals surface area contributed by atoms with Gasteiger partial charge in [0, 0.05) is 5.39 Å². The Labute approximate surface area is 151 Å². The Morgan fingerprint density at radius 1 is 1.00 bits per heavy atom. The van der Waals surface area contributed by atoms with Crippen LogP contribution in [-0.2, 0) is 6.42 Å². The summed E-state index contributed by atoms with van der Waals surface area (Å²) in [4.78, 5) is 0. The van der Waals surface area contributed by atoms with Gasteiger partial charge in [-0.25, -0.2) is 0 Å². The summed E-state index contributed by atoms with van der Waals surface area (Å²) in [5.41, 5.74) is 2.79. The van der Waals surface area contributed by atoms with Gasteiger partial charge in [0.1, 0.15) is 18.1 Å². The van der Waals surface area contributed by atoms with Crippen molar-refractivity contribution in [3.05, 3.63) is 72.8 Å². The van der Waals surface area contributed by atoms with E-state index in [2.05, 4.69) is 6.58 Å². The third kappa shape index (κ3) is 3.85. The molecular formula is C22H20F2O2. The Morgan fingerprint density at radius 3 is 2.38 bits per heavy atom. The van der Waals surface area contributed by atoms with Gasteiger partial charge in [0.2, 0.25) is 0 Å². The zero-order valence-electron chi connectivity index (χ0n) is 14.5. The summed E-state index contributed by atoms with van der Waals surface area (Å²) in [6.07, 6.45) is 2.33. The summed E-state index contributed by atoms with van der Waals surface area (Å²) < 4.78 is 35.9. The molecule has 0 atom stereocenters. The highest BCUT2D eigenvalue weighted by atomic mass is 19.3. The average Bonchev–Trinajstić information content (AvgIpc) is 2.66. The molecule has 0 aromatic heterocycles. The first kappa shape index (κ1) is 17.9. The van der Waals surface area contributed by atoms with E-state index < -0.39 is 6.61 Å². The highest BCUT2D eigenvalue weighted by molar-refractivity contribution is 5.93. The molecule has 0 spiro atoms. The van der Waals surface area contributed by atoms with E-state index in [1.54, 1.807) is 6.08 Å². The van der Waals surface area contributed by atoms with Gasteiger partial charge in [-0.3, -0.25) is 0 Å². The highest BCUT2D eigenvalue weighted by Crippen LogP contribution is 2.34. The third-order valence-electron chi connectivity index (χ3n) is 4.20. The molecule has 4 heteroatoms. The number of hydrogen-bond donors (Lipinski definition) is 0. The van der Waals surface area contributed by atoms with Crippen molar-refractivity contribution >= 4 is 10.8 Å². The Kier molecular flexibility index (Phi) is 5.52. The molecule has 0 bridgehead atoms. The lowest BCUT2D eigenvalue weighted by Crippen LogP contribution is -2.04. The maximum atomic E-state index is 12.8. The maximum absolute atomic E-state index is 12.8. The topological polar surface area (TPSA) is 18.5 Å². The van der Waals surface area contributed by atoms with Crippen LogP contribution in [0.2, 0.25) is 0 Å². The predicted octanol–water partition coefficient (Wildman–Crippen LogP) is 6.24. The first-order valence-corrected chi connectivity index (χ1v) is 8.47. The summed E-state index contributed by atoms with van der Waals surface area (Å²) in [6, 6.07) is 17.2. The Bertz CT molecular complexity index is 902. The second kappa shape index (κ2) is 8.00. The number of aryl methyl sites for hydroxylation is 1. The molecule has 0 aliphatic heterocycles. The van der Waals surface area contributed by atoms with Crippen molar-refractivity contribution in [1.29, 1.82) is 0 Å². The van der Waals surface area contributed by atoms with Crippen LogP contribution in [0.3, 0.4) is 0 Å². The quantitative estimate of drug-likeness (QED) is 0.468. The molecule has 0 aliphatic rings. The SMILES string of the molecule is C=CCOc1ccc(-c2ccc3c(OC(F)F)c(CC)ccc3c2)cc1. The van der Waals surface area contributed by atoms with Gasteiger partial charge in [0.25, 0.3) is 0 Å². The molecule has 26 heavy (non-hydrogen) atoms. The summed E-state index contributed by atoms with van der Waals surface area (Å²) in [5.74, 6) is 1.04. The van der Waals surface area contributed by atoms with Crippen LogP contribution in [0.25, 0.3) is 21.9 Å². The molecule has 0 saturated carbocycles. The first-order chi connectivity index (χ1) is 12.6. The van der Waals surface area contributed by atoms with Crippen molar-refractivity contribution in [3.63, 3.8) is 0 Å². The smallest absolute Gasteiger partial charge is 0.387 e. The summed E-state index contributed by atoms with van der Waals surface area (Å²) in [7, 11) is 0. The van der Waals surface area contributed by atoms with Gasteiger partial charge in [-0.2, -0.15) is 8.78 Å². The van der Waals surface area contributed by atoms with Gasteiger partial charge in [-0.05, 0) is 46.7 Å². The molecule has 3 rings (SSSR count). The summed E-state index contributed by atoms with van der Waals surface area (Å²) in [6.45, 7) is 3.17. The average molecular weight is 354 g/mol. The zero-order chi connectivity index (χ0) is 18.5. The largest absolute Gasteiger partial charge is 0.490 e. The number of ether oxygens (including phenoxy) is 2. The van der Waals surface area contributed by atoms with E-state index in [0.717, 1.165) is 27.8 Å². The number of alkyl halides is 2. The monoisotopic (exact) mass is 354 g/mol. The molecular weight excluding hydrogens is 334 g/mol. The Balaban J connectivity index is 1.97. The van der Waals surface area contributed by atoms with Gasteiger partial charge in [-0.1, -0.05) is 56.0 Å². The van der Waals surface area contributed by atoms with Crippen molar-refractivity contribution in [1.82, 2.24) is 0 Å². The second-order valence-electron chi connectivity index (χ2n) is 5.85. The van der Waals surface area contributed by atoms with E-state index in [1.165, 1.54) is 0 Å². The fourth-order valence-corrected chi connectivity index (χ4v) is 2.93. The Morgan fingerprint density at radius 2 is 1.73 bits per heavy atom. The van der Waals surface area contributed by atoms with Crippen LogP contribution in [0.15, 0.2) is 67.3 Å². The maximum Gasteiger partial charge on any atom is 0.387 e. The van der Waals surface area contributed by atoms with Gasteiger partial charge >= 0.3 is 6.61 Å². The van der Waals surface area contributed by atoms with E-state index in [9.17, 15) is 8.78 Å². The van der Waals surface area contributed by atoms with Crippen LogP contribution in [0.4, 0.5) is 8.78 Å². The predicted molar refractivity (Wildman–Crippen MR) is 101 cm³/mol. The molecule has 0 N–H and O–H groups in total. The van der Waals surface area contributed by atoms with Crippen LogP contribution in [0.5, 0.6) is 11.5 Å². The zero-order valence-corrected chi connectivity index (χ0v) is 14.5. The standard InChI is InChI=1S/C22H20F2O2/c1-3-13-25-19-10-7-16(8-11-19)17-9-12-20-18(14-17)6-5-15(4-2)21(20)26-22(23)24/h3,5-12,14,22H,1,4,13H2,2H3. The molecule has 0 heterocycles. The molecule has 3 aromatic carbocycles. The highest BCUT2D eigenvalue weighted by Gasteiger charge is 2.13. The van der Waals surface area contributed by atoms with E-state index in [1.807, 2.05) is 61.5 Å². The van der Waals surface area contributed by atoms with Gasteiger partial charge in [-0.15, -0.1) is 0 Å². The minimum Gasteiger partial charge on any atom is -0.490 e. The lowest BCUT2D eigenvalue weighted by molar-refractivity contribution is -0.0493. The summed E-state index contributed by atoms with van der Waals surface area (Å²) in [5, 5.41) is 1.56. The third-order valence-corrected chi connectivity index (χ3v) is 4.20. The molecule has 2 nitrogen and oxygen atoms in total. The van der Waals surface area contributed by atoms with Gasteiger partial charge in [0.15, 0.2) is 0 Å². The van der Waals surface area contributed by atoms with Crippen LogP contribution in [-0.4, -0.2) is 13.2 Å². The molecule has 0 aliphatic carbocycles. The number of benzene rings is 3. The number of rotatable bonds is 7. The second-order valence-corrected chi connectivity index (χ2v) is 5.85. The normalized spacial score (nSPS) is 10.9. The van der Waals surface area contributed by atoms with Gasteiger partial charge < -0.3 is 9.47 Å². The van der Waals surface area contributed by atoms with Crippen LogP contribution < -0.4 is 9.47 Å². The minimum absolute atomic E-state index is 0.264. The first-order valence-electron chi connectivity index (χ1n) is 8.47. The molecule has 0 fully saturated rings. The molecule has 0 unspecified atom stereocenters. The van der Waals surface area contributed by atoms with E-state index in [0.29, 0.717) is 18.4 Å². The Hall–Kier alpha value is -2.88. The number of fused-ring (bicyclic) bond motifs is 1. The minimum atomic E-state index is -2.84. The molecule has 0 amide bonds. The lowest BCUT2D eigenvalue weighted by atomic mass is 9.98. The van der Waals surface area contributed by atoms with Crippen LogP contribution >= 0.6 is 0 Å². The fraction of sp³-hybridized carbons (Fsp3) is 0.182. The molecule has 134 valence electrons. The van der Waals surface area contributed by atoms with E-state index in [-0.39, 0.29) is 5.75 Å². The van der Waals surface area contributed by atoms with Crippen molar-refractivity contribution in [2.45, 2.75) is 20.0 Å². The van der Waals surface area contributed by atoms with Crippen molar-refractivity contribution < 1.29 is 18.3 Å². The van der Waals surface area contributed by atoms with Gasteiger partial charge in [0.05, 0.1) is 0 Å². The van der Waals surface area contributed by atoms with E-state index in [4.69, 9.17) is 9.47 Å². The van der Waals surface area contributed by atoms with Crippen molar-refractivity contribution in [3.8, 4) is 22.6 Å². The number of halogens is 2. The van der Waals surface area contributed by atoms with Crippen LogP contribution in [0.1, 0.15) is 12.5 Å². The molecule has 0 radical (unpaired) electrons. The molecule has 3 aromatic rings. The molecule has 0 saturated heterocycles.